The number of hydrogen-bond acceptors (Lipinski definition) is 2. The third kappa shape index (κ3) is 2.24. The minimum Gasteiger partial charge on any atom is -0.384 e. The summed E-state index contributed by atoms with van der Waals surface area (Å²) in [5.41, 5.74) is 8.01. The number of nitrogens with zero attached hydrogens (tertiary/aromatic N) is 2. The van der Waals surface area contributed by atoms with E-state index in [-0.39, 0.29) is 0 Å². The molecule has 0 bridgehead atoms. The number of nitrogen functional groups attached to an aromatic ring is 1. The third-order valence-corrected chi connectivity index (χ3v) is 2.41. The lowest BCUT2D eigenvalue weighted by atomic mass is 10.1. The van der Waals surface area contributed by atoms with Crippen molar-refractivity contribution in [3.63, 3.8) is 0 Å². The number of hydrogen-bond donors (Lipinski definition) is 1. The second-order valence-electron chi connectivity index (χ2n) is 4.41. The standard InChI is InChI=1S/C13H17N3/c1-10(2)8-11-9-13(14)16(15-11)12-6-4-3-5-7-12/h3-7,9-10H,8,14H2,1-2H3. The molecule has 0 unspecified atom stereocenters. The summed E-state index contributed by atoms with van der Waals surface area (Å²) < 4.78 is 1.79. The first-order chi connectivity index (χ1) is 7.66. The highest BCUT2D eigenvalue weighted by atomic mass is 15.3. The van der Waals surface area contributed by atoms with Gasteiger partial charge in [0, 0.05) is 6.07 Å². The van der Waals surface area contributed by atoms with E-state index >= 15 is 0 Å². The number of aromatic nitrogens is 2. The van der Waals surface area contributed by atoms with Crippen molar-refractivity contribution in [2.75, 3.05) is 5.73 Å². The van der Waals surface area contributed by atoms with Crippen molar-refractivity contribution in [1.82, 2.24) is 9.78 Å². The fraction of sp³-hybridized carbons (Fsp3) is 0.308. The molecule has 2 aromatic rings. The summed E-state index contributed by atoms with van der Waals surface area (Å²) in [7, 11) is 0. The summed E-state index contributed by atoms with van der Waals surface area (Å²) in [5, 5.41) is 4.51. The van der Waals surface area contributed by atoms with Crippen LogP contribution in [0.15, 0.2) is 36.4 Å². The Labute approximate surface area is 95.9 Å². The summed E-state index contributed by atoms with van der Waals surface area (Å²) in [6, 6.07) is 11.9. The summed E-state index contributed by atoms with van der Waals surface area (Å²) in [4.78, 5) is 0. The SMILES string of the molecule is CC(C)Cc1cc(N)n(-c2ccccc2)n1. The van der Waals surface area contributed by atoms with Crippen molar-refractivity contribution in [2.45, 2.75) is 20.3 Å². The first kappa shape index (κ1) is 10.7. The van der Waals surface area contributed by atoms with Gasteiger partial charge in [-0.1, -0.05) is 32.0 Å². The molecule has 0 radical (unpaired) electrons. The Kier molecular flexibility index (Phi) is 2.95. The Morgan fingerprint density at radius 1 is 1.25 bits per heavy atom. The number of para-hydroxylation sites is 1. The summed E-state index contributed by atoms with van der Waals surface area (Å²) >= 11 is 0. The van der Waals surface area contributed by atoms with Gasteiger partial charge in [0.25, 0.3) is 0 Å². The van der Waals surface area contributed by atoms with E-state index in [1.807, 2.05) is 36.4 Å². The van der Waals surface area contributed by atoms with Crippen LogP contribution in [0.3, 0.4) is 0 Å². The lowest BCUT2D eigenvalue weighted by Crippen LogP contribution is -2.02. The molecule has 0 saturated carbocycles. The molecule has 0 aliphatic heterocycles. The number of benzene rings is 1. The fourth-order valence-corrected chi connectivity index (χ4v) is 1.74. The van der Waals surface area contributed by atoms with Crippen LogP contribution >= 0.6 is 0 Å². The molecule has 3 heteroatoms. The van der Waals surface area contributed by atoms with E-state index in [2.05, 4.69) is 18.9 Å². The van der Waals surface area contributed by atoms with Crippen molar-refractivity contribution in [1.29, 1.82) is 0 Å². The van der Waals surface area contributed by atoms with Crippen LogP contribution in [0.2, 0.25) is 0 Å². The topological polar surface area (TPSA) is 43.8 Å². The summed E-state index contributed by atoms with van der Waals surface area (Å²) in [6.07, 6.45) is 0.962. The molecule has 16 heavy (non-hydrogen) atoms. The molecular formula is C13H17N3. The molecule has 0 fully saturated rings. The van der Waals surface area contributed by atoms with Crippen LogP contribution in [0.5, 0.6) is 0 Å². The average Bonchev–Trinajstić information content (AvgIpc) is 2.60. The molecule has 0 amide bonds. The molecule has 0 atom stereocenters. The van der Waals surface area contributed by atoms with Gasteiger partial charge in [-0.25, -0.2) is 4.68 Å². The van der Waals surface area contributed by atoms with Crippen LogP contribution in [0.25, 0.3) is 5.69 Å². The lowest BCUT2D eigenvalue weighted by Gasteiger charge is -2.03. The highest BCUT2D eigenvalue weighted by molar-refractivity contribution is 5.42. The summed E-state index contributed by atoms with van der Waals surface area (Å²) in [5.74, 6) is 1.29. The zero-order valence-corrected chi connectivity index (χ0v) is 9.72. The van der Waals surface area contributed by atoms with E-state index in [9.17, 15) is 0 Å². The molecule has 1 aromatic carbocycles. The smallest absolute Gasteiger partial charge is 0.127 e. The maximum atomic E-state index is 5.95. The second kappa shape index (κ2) is 4.39. The third-order valence-electron chi connectivity index (χ3n) is 2.41. The normalized spacial score (nSPS) is 10.9. The molecule has 2 rings (SSSR count). The van der Waals surface area contributed by atoms with Crippen molar-refractivity contribution in [3.8, 4) is 5.69 Å². The molecule has 1 heterocycles. The van der Waals surface area contributed by atoms with Crippen molar-refractivity contribution >= 4 is 5.82 Å². The first-order valence-electron chi connectivity index (χ1n) is 5.56. The predicted octanol–water partition coefficient (Wildman–Crippen LogP) is 2.65. The van der Waals surface area contributed by atoms with E-state index < -0.39 is 0 Å². The molecule has 0 aliphatic rings. The minimum absolute atomic E-state index is 0.596. The Morgan fingerprint density at radius 2 is 1.94 bits per heavy atom. The van der Waals surface area contributed by atoms with Crippen molar-refractivity contribution in [2.24, 2.45) is 5.92 Å². The molecule has 0 aliphatic carbocycles. The molecule has 0 spiro atoms. The van der Waals surface area contributed by atoms with Crippen LogP contribution in [-0.4, -0.2) is 9.78 Å². The van der Waals surface area contributed by atoms with Crippen molar-refractivity contribution < 1.29 is 0 Å². The van der Waals surface area contributed by atoms with Crippen LogP contribution in [-0.2, 0) is 6.42 Å². The maximum Gasteiger partial charge on any atom is 0.127 e. The van der Waals surface area contributed by atoms with Crippen LogP contribution in [0.1, 0.15) is 19.5 Å². The highest BCUT2D eigenvalue weighted by Gasteiger charge is 2.07. The molecule has 2 N–H and O–H groups in total. The van der Waals surface area contributed by atoms with Gasteiger partial charge in [0.1, 0.15) is 5.82 Å². The van der Waals surface area contributed by atoms with Crippen LogP contribution in [0, 0.1) is 5.92 Å². The van der Waals surface area contributed by atoms with E-state index in [0.29, 0.717) is 11.7 Å². The maximum absolute atomic E-state index is 5.95. The Morgan fingerprint density at radius 3 is 2.56 bits per heavy atom. The van der Waals surface area contributed by atoms with Gasteiger partial charge in [-0.3, -0.25) is 0 Å². The zero-order chi connectivity index (χ0) is 11.5. The lowest BCUT2D eigenvalue weighted by molar-refractivity contribution is 0.628. The molecule has 3 nitrogen and oxygen atoms in total. The van der Waals surface area contributed by atoms with Gasteiger partial charge in [-0.2, -0.15) is 5.10 Å². The van der Waals surface area contributed by atoms with Gasteiger partial charge in [0.2, 0.25) is 0 Å². The van der Waals surface area contributed by atoms with Gasteiger partial charge in [0.05, 0.1) is 11.4 Å². The predicted molar refractivity (Wildman–Crippen MR) is 66.5 cm³/mol. The summed E-state index contributed by atoms with van der Waals surface area (Å²) in [6.45, 7) is 4.36. The largest absolute Gasteiger partial charge is 0.384 e. The van der Waals surface area contributed by atoms with Crippen LogP contribution < -0.4 is 5.73 Å². The van der Waals surface area contributed by atoms with Gasteiger partial charge in [0.15, 0.2) is 0 Å². The quantitative estimate of drug-likeness (QED) is 0.855. The minimum atomic E-state index is 0.596. The van der Waals surface area contributed by atoms with E-state index in [0.717, 1.165) is 17.8 Å². The molecule has 0 saturated heterocycles. The van der Waals surface area contributed by atoms with E-state index in [1.165, 1.54) is 0 Å². The zero-order valence-electron chi connectivity index (χ0n) is 9.72. The molecular weight excluding hydrogens is 198 g/mol. The molecule has 84 valence electrons. The Balaban J connectivity index is 2.32. The van der Waals surface area contributed by atoms with E-state index in [4.69, 9.17) is 5.73 Å². The fourth-order valence-electron chi connectivity index (χ4n) is 1.74. The average molecular weight is 215 g/mol. The number of nitrogens with two attached hydrogens (primary N) is 1. The van der Waals surface area contributed by atoms with Crippen LogP contribution in [0.4, 0.5) is 5.82 Å². The van der Waals surface area contributed by atoms with Gasteiger partial charge in [-0.05, 0) is 24.5 Å². The van der Waals surface area contributed by atoms with E-state index in [1.54, 1.807) is 4.68 Å². The van der Waals surface area contributed by atoms with Crippen molar-refractivity contribution in [3.05, 3.63) is 42.1 Å². The molecule has 1 aromatic heterocycles. The first-order valence-corrected chi connectivity index (χ1v) is 5.56. The Hall–Kier alpha value is -1.77. The monoisotopic (exact) mass is 215 g/mol. The Bertz CT molecular complexity index is 457. The highest BCUT2D eigenvalue weighted by Crippen LogP contribution is 2.16. The van der Waals surface area contributed by atoms with Gasteiger partial charge < -0.3 is 5.73 Å². The second-order valence-corrected chi connectivity index (χ2v) is 4.41. The van der Waals surface area contributed by atoms with Gasteiger partial charge in [-0.15, -0.1) is 0 Å². The van der Waals surface area contributed by atoms with Gasteiger partial charge >= 0.3 is 0 Å². The number of rotatable bonds is 3. The number of anilines is 1.